The largest absolute Gasteiger partial charge is 0.480 e. The number of benzene rings is 3. The van der Waals surface area contributed by atoms with Gasteiger partial charge in [-0.2, -0.15) is 0 Å². The molecule has 148 valence electrons. The summed E-state index contributed by atoms with van der Waals surface area (Å²) >= 11 is 0. The van der Waals surface area contributed by atoms with Gasteiger partial charge in [-0.25, -0.2) is 9.18 Å². The van der Waals surface area contributed by atoms with Crippen molar-refractivity contribution in [2.24, 2.45) is 0 Å². The molecule has 1 atom stereocenters. The van der Waals surface area contributed by atoms with E-state index in [1.165, 1.54) is 24.3 Å². The maximum absolute atomic E-state index is 13.4. The number of amides is 1. The third kappa shape index (κ3) is 4.51. The van der Waals surface area contributed by atoms with Crippen LogP contribution >= 0.6 is 0 Å². The van der Waals surface area contributed by atoms with E-state index in [9.17, 15) is 19.1 Å². The summed E-state index contributed by atoms with van der Waals surface area (Å²) in [4.78, 5) is 25.2. The Labute approximate surface area is 169 Å². The quantitative estimate of drug-likeness (QED) is 0.641. The first-order valence-corrected chi connectivity index (χ1v) is 9.30. The lowest BCUT2D eigenvalue weighted by atomic mass is 9.75. The van der Waals surface area contributed by atoms with Crippen LogP contribution in [0.5, 0.6) is 0 Å². The average molecular weight is 391 g/mol. The lowest BCUT2D eigenvalue weighted by Gasteiger charge is -2.31. The highest BCUT2D eigenvalue weighted by Crippen LogP contribution is 2.32. The molecule has 0 saturated heterocycles. The molecular formula is C24H22FNO3. The van der Waals surface area contributed by atoms with Crippen molar-refractivity contribution in [2.45, 2.75) is 24.8 Å². The third-order valence-electron chi connectivity index (χ3n) is 5.11. The van der Waals surface area contributed by atoms with Crippen LogP contribution in [0.4, 0.5) is 4.39 Å². The van der Waals surface area contributed by atoms with Crippen molar-refractivity contribution in [1.29, 1.82) is 0 Å². The molecule has 0 fully saturated rings. The van der Waals surface area contributed by atoms with Gasteiger partial charge in [0.2, 0.25) is 5.91 Å². The maximum Gasteiger partial charge on any atom is 0.326 e. The van der Waals surface area contributed by atoms with E-state index in [0.29, 0.717) is 5.56 Å². The van der Waals surface area contributed by atoms with Gasteiger partial charge in [0.25, 0.3) is 0 Å². The Bertz CT molecular complexity index is 933. The van der Waals surface area contributed by atoms with Crippen molar-refractivity contribution < 1.29 is 19.1 Å². The molecule has 0 aliphatic carbocycles. The van der Waals surface area contributed by atoms with Crippen LogP contribution in [0.2, 0.25) is 0 Å². The molecule has 1 amide bonds. The first-order chi connectivity index (χ1) is 13.9. The van der Waals surface area contributed by atoms with E-state index in [2.05, 4.69) is 5.32 Å². The van der Waals surface area contributed by atoms with Gasteiger partial charge < -0.3 is 10.4 Å². The van der Waals surface area contributed by atoms with Crippen LogP contribution in [0.3, 0.4) is 0 Å². The number of nitrogens with one attached hydrogen (secondary N) is 1. The molecule has 0 aliphatic rings. The number of carbonyl (C=O) groups is 2. The summed E-state index contributed by atoms with van der Waals surface area (Å²) in [7, 11) is 0. The topological polar surface area (TPSA) is 66.4 Å². The van der Waals surface area contributed by atoms with E-state index in [1.807, 2.05) is 60.7 Å². The van der Waals surface area contributed by atoms with Gasteiger partial charge in [0.15, 0.2) is 0 Å². The summed E-state index contributed by atoms with van der Waals surface area (Å²) in [6.45, 7) is 1.78. The van der Waals surface area contributed by atoms with Crippen molar-refractivity contribution in [2.75, 3.05) is 0 Å². The van der Waals surface area contributed by atoms with Crippen molar-refractivity contribution in [3.05, 3.63) is 107 Å². The normalized spacial score (nSPS) is 12.2. The highest BCUT2D eigenvalue weighted by atomic mass is 19.1. The molecule has 4 nitrogen and oxygen atoms in total. The number of carboxylic acid groups (broad SMARTS) is 1. The third-order valence-corrected chi connectivity index (χ3v) is 5.11. The summed E-state index contributed by atoms with van der Waals surface area (Å²) < 4.78 is 13.1. The van der Waals surface area contributed by atoms with Gasteiger partial charge in [-0.1, -0.05) is 72.8 Å². The molecule has 0 radical (unpaired) electrons. The number of hydrogen-bond acceptors (Lipinski definition) is 2. The van der Waals surface area contributed by atoms with Gasteiger partial charge in [0.05, 0.1) is 5.41 Å². The van der Waals surface area contributed by atoms with Crippen molar-refractivity contribution in [3.8, 4) is 0 Å². The Morgan fingerprint density at radius 2 is 1.38 bits per heavy atom. The lowest BCUT2D eigenvalue weighted by molar-refractivity contribution is -0.142. The SMILES string of the molecule is CC(C(=O)N[C@H](Cc1ccc(F)cc1)C(=O)O)(c1ccccc1)c1ccccc1. The molecule has 3 rings (SSSR count). The smallest absolute Gasteiger partial charge is 0.326 e. The first-order valence-electron chi connectivity index (χ1n) is 9.30. The predicted octanol–water partition coefficient (Wildman–Crippen LogP) is 3.94. The highest BCUT2D eigenvalue weighted by molar-refractivity contribution is 5.94. The zero-order valence-corrected chi connectivity index (χ0v) is 16.0. The van der Waals surface area contributed by atoms with Crippen LogP contribution in [0.1, 0.15) is 23.6 Å². The summed E-state index contributed by atoms with van der Waals surface area (Å²) in [5.74, 6) is -1.96. The minimum absolute atomic E-state index is 0.0566. The Balaban J connectivity index is 1.92. The minimum atomic E-state index is -1.15. The zero-order valence-electron chi connectivity index (χ0n) is 16.0. The Morgan fingerprint density at radius 3 is 1.83 bits per heavy atom. The van der Waals surface area contributed by atoms with Gasteiger partial charge in [-0.15, -0.1) is 0 Å². The number of hydrogen-bond donors (Lipinski definition) is 2. The summed E-state index contributed by atoms with van der Waals surface area (Å²) in [6.07, 6.45) is 0.0566. The lowest BCUT2D eigenvalue weighted by Crippen LogP contribution is -2.50. The average Bonchev–Trinajstić information content (AvgIpc) is 2.75. The fourth-order valence-electron chi connectivity index (χ4n) is 3.33. The number of halogens is 1. The van der Waals surface area contributed by atoms with E-state index >= 15 is 0 Å². The van der Waals surface area contributed by atoms with Gasteiger partial charge in [0.1, 0.15) is 11.9 Å². The summed E-state index contributed by atoms with van der Waals surface area (Å²) in [6, 6.07) is 22.9. The molecular weight excluding hydrogens is 369 g/mol. The molecule has 3 aromatic rings. The molecule has 0 bridgehead atoms. The molecule has 0 heterocycles. The second-order valence-corrected chi connectivity index (χ2v) is 7.05. The van der Waals surface area contributed by atoms with Crippen LogP contribution in [0, 0.1) is 5.82 Å². The predicted molar refractivity (Wildman–Crippen MR) is 109 cm³/mol. The zero-order chi connectivity index (χ0) is 20.9. The van der Waals surface area contributed by atoms with E-state index in [-0.39, 0.29) is 6.42 Å². The monoisotopic (exact) mass is 391 g/mol. The number of aliphatic carboxylic acids is 1. The Hall–Kier alpha value is -3.47. The standard InChI is InChI=1S/C24H22FNO3/c1-24(18-8-4-2-5-9-18,19-10-6-3-7-11-19)23(29)26-21(22(27)28)16-17-12-14-20(25)15-13-17/h2-15,21H,16H2,1H3,(H,26,29)(H,27,28)/t21-/m1/s1. The molecule has 0 spiro atoms. The van der Waals surface area contributed by atoms with Crippen molar-refractivity contribution in [3.63, 3.8) is 0 Å². The molecule has 29 heavy (non-hydrogen) atoms. The van der Waals surface area contributed by atoms with Crippen LogP contribution in [0.15, 0.2) is 84.9 Å². The van der Waals surface area contributed by atoms with Crippen molar-refractivity contribution in [1.82, 2.24) is 5.32 Å². The molecule has 0 saturated carbocycles. The number of carboxylic acids is 1. The van der Waals surface area contributed by atoms with Crippen LogP contribution in [0.25, 0.3) is 0 Å². The van der Waals surface area contributed by atoms with E-state index in [0.717, 1.165) is 11.1 Å². The fourth-order valence-corrected chi connectivity index (χ4v) is 3.33. The fraction of sp³-hybridized carbons (Fsp3) is 0.167. The highest BCUT2D eigenvalue weighted by Gasteiger charge is 2.38. The van der Waals surface area contributed by atoms with E-state index in [1.54, 1.807) is 6.92 Å². The van der Waals surface area contributed by atoms with E-state index in [4.69, 9.17) is 0 Å². The number of rotatable bonds is 7. The Kier molecular flexibility index (Phi) is 6.07. The van der Waals surface area contributed by atoms with Crippen LogP contribution in [-0.4, -0.2) is 23.0 Å². The summed E-state index contributed by atoms with van der Waals surface area (Å²) in [5, 5.41) is 12.3. The maximum atomic E-state index is 13.4. The minimum Gasteiger partial charge on any atom is -0.480 e. The second-order valence-electron chi connectivity index (χ2n) is 7.05. The van der Waals surface area contributed by atoms with E-state index < -0.39 is 29.2 Å². The van der Waals surface area contributed by atoms with Gasteiger partial charge >= 0.3 is 5.97 Å². The van der Waals surface area contributed by atoms with Gasteiger partial charge in [-0.3, -0.25) is 4.79 Å². The number of carbonyl (C=O) groups excluding carboxylic acids is 1. The van der Waals surface area contributed by atoms with Gasteiger partial charge in [-0.05, 0) is 35.7 Å². The Morgan fingerprint density at radius 1 is 0.897 bits per heavy atom. The second kappa shape index (κ2) is 8.69. The van der Waals surface area contributed by atoms with Crippen molar-refractivity contribution >= 4 is 11.9 Å². The molecule has 2 N–H and O–H groups in total. The molecule has 5 heteroatoms. The first kappa shape index (κ1) is 20.3. The summed E-state index contributed by atoms with van der Waals surface area (Å²) in [5.41, 5.74) is 1.07. The van der Waals surface area contributed by atoms with Gasteiger partial charge in [0, 0.05) is 6.42 Å². The molecule has 3 aromatic carbocycles. The molecule has 0 aromatic heterocycles. The van der Waals surface area contributed by atoms with Crippen LogP contribution in [-0.2, 0) is 21.4 Å². The molecule has 0 aliphatic heterocycles. The molecule has 0 unspecified atom stereocenters. The van der Waals surface area contributed by atoms with Crippen LogP contribution < -0.4 is 5.32 Å².